The lowest BCUT2D eigenvalue weighted by molar-refractivity contribution is -0.105. The number of halogens is 2. The highest BCUT2D eigenvalue weighted by Gasteiger charge is 2.39. The molecule has 1 saturated carbocycles. The fraction of sp³-hybridized carbons (Fsp3) is 1.00. The standard InChI is InChI=1S/C14H27F2NOS/c1-9(2)19-12-7-5-4-6-10(12)8-11(17)13(18)14(3,15)16/h9-13,18H,4-8,17H2,1-3H3/t10?,11-,12?,13+/m0/s1. The third kappa shape index (κ3) is 5.56. The molecule has 19 heavy (non-hydrogen) atoms. The van der Waals surface area contributed by atoms with Crippen molar-refractivity contribution in [3.8, 4) is 0 Å². The molecule has 0 radical (unpaired) electrons. The second kappa shape index (κ2) is 7.23. The smallest absolute Gasteiger partial charge is 0.272 e. The lowest BCUT2D eigenvalue weighted by atomic mass is 9.83. The van der Waals surface area contributed by atoms with E-state index in [1.54, 1.807) is 0 Å². The van der Waals surface area contributed by atoms with E-state index >= 15 is 0 Å². The number of aliphatic hydroxyl groups excluding tert-OH is 1. The van der Waals surface area contributed by atoms with Crippen LogP contribution in [0.15, 0.2) is 0 Å². The maximum atomic E-state index is 13.1. The van der Waals surface area contributed by atoms with Crippen molar-refractivity contribution in [3.05, 3.63) is 0 Å². The minimum atomic E-state index is -3.12. The molecular formula is C14H27F2NOS. The van der Waals surface area contributed by atoms with Crippen LogP contribution in [-0.4, -0.2) is 33.7 Å². The Labute approximate surface area is 119 Å². The summed E-state index contributed by atoms with van der Waals surface area (Å²) in [7, 11) is 0. The van der Waals surface area contributed by atoms with Gasteiger partial charge >= 0.3 is 0 Å². The van der Waals surface area contributed by atoms with Crippen molar-refractivity contribution in [2.24, 2.45) is 11.7 Å². The summed E-state index contributed by atoms with van der Waals surface area (Å²) in [5.74, 6) is -2.76. The number of hydrogen-bond donors (Lipinski definition) is 2. The highest BCUT2D eigenvalue weighted by molar-refractivity contribution is 8.00. The number of aliphatic hydroxyl groups is 1. The average molecular weight is 295 g/mol. The zero-order valence-corrected chi connectivity index (χ0v) is 12.9. The first-order valence-electron chi connectivity index (χ1n) is 7.18. The summed E-state index contributed by atoms with van der Waals surface area (Å²) in [5.41, 5.74) is 5.79. The van der Waals surface area contributed by atoms with Gasteiger partial charge in [0.05, 0.1) is 0 Å². The van der Waals surface area contributed by atoms with E-state index in [2.05, 4.69) is 13.8 Å². The first kappa shape index (κ1) is 17.2. The molecule has 2 unspecified atom stereocenters. The molecule has 4 atom stereocenters. The molecular weight excluding hydrogens is 268 g/mol. The van der Waals surface area contributed by atoms with E-state index in [1.165, 1.54) is 6.42 Å². The van der Waals surface area contributed by atoms with Gasteiger partial charge in [0.2, 0.25) is 0 Å². The van der Waals surface area contributed by atoms with E-state index in [9.17, 15) is 13.9 Å². The van der Waals surface area contributed by atoms with Gasteiger partial charge in [-0.05, 0) is 30.4 Å². The highest BCUT2D eigenvalue weighted by atomic mass is 32.2. The van der Waals surface area contributed by atoms with Gasteiger partial charge in [-0.2, -0.15) is 11.8 Å². The molecule has 3 N–H and O–H groups in total. The van der Waals surface area contributed by atoms with Crippen LogP contribution in [0.4, 0.5) is 8.78 Å². The van der Waals surface area contributed by atoms with Crippen LogP contribution in [-0.2, 0) is 0 Å². The Bertz CT molecular complexity index is 271. The van der Waals surface area contributed by atoms with Gasteiger partial charge in [-0.3, -0.25) is 0 Å². The molecule has 114 valence electrons. The number of alkyl halides is 2. The minimum Gasteiger partial charge on any atom is -0.385 e. The maximum Gasteiger partial charge on any atom is 0.272 e. The molecule has 0 amide bonds. The molecule has 0 aliphatic heterocycles. The zero-order chi connectivity index (χ0) is 14.6. The lowest BCUT2D eigenvalue weighted by Crippen LogP contribution is -2.47. The molecule has 1 fully saturated rings. The molecule has 1 rings (SSSR count). The Morgan fingerprint density at radius 3 is 2.42 bits per heavy atom. The van der Waals surface area contributed by atoms with Gasteiger partial charge in [0.15, 0.2) is 0 Å². The molecule has 0 aromatic rings. The Kier molecular flexibility index (Phi) is 6.54. The van der Waals surface area contributed by atoms with Crippen molar-refractivity contribution in [2.75, 3.05) is 0 Å². The second-order valence-corrected chi connectivity index (χ2v) is 7.89. The number of hydrogen-bond acceptors (Lipinski definition) is 3. The summed E-state index contributed by atoms with van der Waals surface area (Å²) >= 11 is 1.92. The number of thioether (sulfide) groups is 1. The van der Waals surface area contributed by atoms with Gasteiger partial charge in [-0.15, -0.1) is 0 Å². The molecule has 0 heterocycles. The molecule has 1 aliphatic carbocycles. The summed E-state index contributed by atoms with van der Waals surface area (Å²) in [6.45, 7) is 5.05. The predicted molar refractivity (Wildman–Crippen MR) is 77.7 cm³/mol. The molecule has 5 heteroatoms. The minimum absolute atomic E-state index is 0.355. The predicted octanol–water partition coefficient (Wildman–Crippen LogP) is 3.42. The molecule has 0 aromatic carbocycles. The van der Waals surface area contributed by atoms with Crippen LogP contribution in [0.3, 0.4) is 0 Å². The monoisotopic (exact) mass is 295 g/mol. The fourth-order valence-corrected chi connectivity index (χ4v) is 4.30. The zero-order valence-electron chi connectivity index (χ0n) is 12.1. The van der Waals surface area contributed by atoms with Crippen LogP contribution in [0.2, 0.25) is 0 Å². The number of rotatable bonds is 6. The quantitative estimate of drug-likeness (QED) is 0.789. The van der Waals surface area contributed by atoms with Crippen LogP contribution >= 0.6 is 11.8 Å². The largest absolute Gasteiger partial charge is 0.385 e. The van der Waals surface area contributed by atoms with Crippen LogP contribution in [0.5, 0.6) is 0 Å². The molecule has 0 aromatic heterocycles. The summed E-state index contributed by atoms with van der Waals surface area (Å²) in [4.78, 5) is 0. The van der Waals surface area contributed by atoms with Crippen LogP contribution in [0.1, 0.15) is 52.9 Å². The van der Waals surface area contributed by atoms with Gasteiger partial charge in [0, 0.05) is 18.2 Å². The van der Waals surface area contributed by atoms with Crippen LogP contribution in [0.25, 0.3) is 0 Å². The molecule has 0 bridgehead atoms. The van der Waals surface area contributed by atoms with Gasteiger partial charge in [0.1, 0.15) is 6.10 Å². The Balaban J connectivity index is 2.56. The molecule has 0 spiro atoms. The maximum absolute atomic E-state index is 13.1. The van der Waals surface area contributed by atoms with Crippen molar-refractivity contribution in [1.82, 2.24) is 0 Å². The second-order valence-electron chi connectivity index (χ2n) is 6.07. The SMILES string of the molecule is CC(C)SC1CCCCC1C[C@H](N)[C@@H](O)C(C)(F)F. The van der Waals surface area contributed by atoms with Crippen molar-refractivity contribution >= 4 is 11.8 Å². The lowest BCUT2D eigenvalue weighted by Gasteiger charge is -2.35. The third-order valence-electron chi connectivity index (χ3n) is 3.79. The van der Waals surface area contributed by atoms with Crippen molar-refractivity contribution < 1.29 is 13.9 Å². The Morgan fingerprint density at radius 1 is 1.32 bits per heavy atom. The van der Waals surface area contributed by atoms with E-state index in [1.807, 2.05) is 11.8 Å². The molecule has 1 aliphatic rings. The van der Waals surface area contributed by atoms with Gasteiger partial charge in [0.25, 0.3) is 5.92 Å². The molecule has 2 nitrogen and oxygen atoms in total. The summed E-state index contributed by atoms with van der Waals surface area (Å²) in [6, 6.07) is -0.835. The normalized spacial score (nSPS) is 28.4. The van der Waals surface area contributed by atoms with E-state index in [-0.39, 0.29) is 0 Å². The van der Waals surface area contributed by atoms with E-state index < -0.39 is 18.1 Å². The third-order valence-corrected chi connectivity index (χ3v) is 5.30. The Hall–Kier alpha value is 0.130. The average Bonchev–Trinajstić information content (AvgIpc) is 2.28. The first-order valence-corrected chi connectivity index (χ1v) is 8.13. The highest BCUT2D eigenvalue weighted by Crippen LogP contribution is 2.38. The Morgan fingerprint density at radius 2 is 1.89 bits per heavy atom. The summed E-state index contributed by atoms with van der Waals surface area (Å²) in [5, 5.41) is 10.6. The van der Waals surface area contributed by atoms with Gasteiger partial charge in [-0.1, -0.05) is 26.7 Å². The van der Waals surface area contributed by atoms with Crippen LogP contribution in [0, 0.1) is 5.92 Å². The summed E-state index contributed by atoms with van der Waals surface area (Å²) in [6.07, 6.45) is 3.29. The van der Waals surface area contributed by atoms with Crippen molar-refractivity contribution in [1.29, 1.82) is 0 Å². The van der Waals surface area contributed by atoms with Crippen molar-refractivity contribution in [2.45, 2.75) is 81.4 Å². The number of nitrogens with two attached hydrogens (primary N) is 1. The van der Waals surface area contributed by atoms with Crippen LogP contribution < -0.4 is 5.73 Å². The first-order chi connectivity index (χ1) is 8.71. The van der Waals surface area contributed by atoms with Crippen molar-refractivity contribution in [3.63, 3.8) is 0 Å². The fourth-order valence-electron chi connectivity index (χ4n) is 2.83. The summed E-state index contributed by atoms with van der Waals surface area (Å²) < 4.78 is 26.2. The van der Waals surface area contributed by atoms with E-state index in [0.717, 1.165) is 26.2 Å². The van der Waals surface area contributed by atoms with E-state index in [0.29, 0.717) is 22.8 Å². The van der Waals surface area contributed by atoms with Gasteiger partial charge < -0.3 is 10.8 Å². The molecule has 0 saturated heterocycles. The van der Waals surface area contributed by atoms with E-state index in [4.69, 9.17) is 5.73 Å². The van der Waals surface area contributed by atoms with Gasteiger partial charge in [-0.25, -0.2) is 8.78 Å². The topological polar surface area (TPSA) is 46.2 Å².